The topological polar surface area (TPSA) is 237 Å². The zero-order valence-electron chi connectivity index (χ0n) is 61.6. The number of allylic oxidation sites excluding steroid dienone is 8. The number of aliphatic hydroxyl groups excluding tert-OH is 1. The summed E-state index contributed by atoms with van der Waals surface area (Å²) in [6, 6.07) is 0. The average Bonchev–Trinajstić information content (AvgIpc) is 2.49. The zero-order chi connectivity index (χ0) is 70.7. The first kappa shape index (κ1) is 93.0. The third kappa shape index (κ3) is 69.5. The summed E-state index contributed by atoms with van der Waals surface area (Å²) in [7, 11) is -9.94. The summed E-state index contributed by atoms with van der Waals surface area (Å²) in [5.74, 6) is -0.691. The van der Waals surface area contributed by atoms with Gasteiger partial charge in [0.15, 0.2) is 12.2 Å². The minimum Gasteiger partial charge on any atom is -0.462 e. The van der Waals surface area contributed by atoms with Gasteiger partial charge in [0.25, 0.3) is 0 Å². The highest BCUT2D eigenvalue weighted by Crippen LogP contribution is 2.45. The Labute approximate surface area is 585 Å². The summed E-state index contributed by atoms with van der Waals surface area (Å²) in [5, 5.41) is 10.6. The molecule has 0 saturated heterocycles. The smallest absolute Gasteiger partial charge is 0.462 e. The predicted molar refractivity (Wildman–Crippen MR) is 390 cm³/mol. The van der Waals surface area contributed by atoms with Crippen molar-refractivity contribution in [1.29, 1.82) is 0 Å². The van der Waals surface area contributed by atoms with Gasteiger partial charge in [-0.1, -0.05) is 296 Å². The Morgan fingerprint density at radius 1 is 0.323 bits per heavy atom. The summed E-state index contributed by atoms with van der Waals surface area (Å²) in [6.07, 6.45) is 61.3. The second kappa shape index (κ2) is 67.8. The molecule has 0 fully saturated rings. The van der Waals surface area contributed by atoms with Crippen molar-refractivity contribution in [2.75, 3.05) is 39.6 Å². The molecule has 0 aromatic carbocycles. The summed E-state index contributed by atoms with van der Waals surface area (Å²) in [6.45, 7) is 9.42. The number of hydrogen-bond acceptors (Lipinski definition) is 15. The zero-order valence-corrected chi connectivity index (χ0v) is 63.4. The number of rotatable bonds is 72. The van der Waals surface area contributed by atoms with Crippen molar-refractivity contribution in [2.45, 2.75) is 368 Å². The maximum atomic E-state index is 13.1. The molecule has 0 aromatic heterocycles. The Hall–Kier alpha value is -2.98. The van der Waals surface area contributed by atoms with Crippen LogP contribution in [0.3, 0.4) is 0 Å². The molecule has 0 radical (unpaired) electrons. The Morgan fingerprint density at radius 2 is 0.562 bits per heavy atom. The van der Waals surface area contributed by atoms with E-state index in [0.29, 0.717) is 31.6 Å². The van der Waals surface area contributed by atoms with Gasteiger partial charge in [-0.15, -0.1) is 0 Å². The molecular formula is C77H142O17P2. The SMILES string of the molecule is CCCCCC/C=C\C=C/CCCCCCCC(=O)OC[C@H](COP(=O)(O)OCC(O)COP(=O)(O)OC[C@@H](COC(=O)CCCCCCCCCC(C)C)OC(=O)CCCCCCCCCCCCCCCC(C)C)OC(=O)CCCCCCC/C=C\C=C/CCCCCC. The maximum Gasteiger partial charge on any atom is 0.472 e. The summed E-state index contributed by atoms with van der Waals surface area (Å²) in [4.78, 5) is 72.8. The van der Waals surface area contributed by atoms with Crippen molar-refractivity contribution in [1.82, 2.24) is 0 Å². The Balaban J connectivity index is 5.32. The van der Waals surface area contributed by atoms with Crippen LogP contribution in [0.25, 0.3) is 0 Å². The molecule has 0 aliphatic rings. The van der Waals surface area contributed by atoms with E-state index in [2.05, 4.69) is 90.2 Å². The van der Waals surface area contributed by atoms with Gasteiger partial charge in [0, 0.05) is 25.7 Å². The second-order valence-corrected chi connectivity index (χ2v) is 30.2. The van der Waals surface area contributed by atoms with Gasteiger partial charge in [-0.3, -0.25) is 37.3 Å². The number of hydrogen-bond donors (Lipinski definition) is 3. The number of esters is 4. The summed E-state index contributed by atoms with van der Waals surface area (Å²) < 4.78 is 68.5. The van der Waals surface area contributed by atoms with Crippen molar-refractivity contribution < 1.29 is 80.2 Å². The van der Waals surface area contributed by atoms with Gasteiger partial charge in [-0.25, -0.2) is 9.13 Å². The van der Waals surface area contributed by atoms with Crippen molar-refractivity contribution in [2.24, 2.45) is 11.8 Å². The third-order valence-electron chi connectivity index (χ3n) is 16.7. The monoisotopic (exact) mass is 1400 g/mol. The van der Waals surface area contributed by atoms with Crippen LogP contribution in [0.5, 0.6) is 0 Å². The van der Waals surface area contributed by atoms with E-state index in [1.165, 1.54) is 128 Å². The molecule has 0 rings (SSSR count). The van der Waals surface area contributed by atoms with E-state index in [1.807, 2.05) is 0 Å². The van der Waals surface area contributed by atoms with Gasteiger partial charge in [0.2, 0.25) is 0 Å². The third-order valence-corrected chi connectivity index (χ3v) is 18.6. The first-order valence-corrected chi connectivity index (χ1v) is 41.6. The highest BCUT2D eigenvalue weighted by Gasteiger charge is 2.30. The number of carbonyl (C=O) groups excluding carboxylic acids is 4. The van der Waals surface area contributed by atoms with E-state index < -0.39 is 97.5 Å². The molecule has 19 heteroatoms. The van der Waals surface area contributed by atoms with Gasteiger partial charge in [0.1, 0.15) is 19.3 Å². The van der Waals surface area contributed by atoms with Crippen LogP contribution in [-0.4, -0.2) is 96.7 Å². The quantitative estimate of drug-likeness (QED) is 0.0169. The van der Waals surface area contributed by atoms with E-state index in [1.54, 1.807) is 0 Å². The number of aliphatic hydroxyl groups is 1. The highest BCUT2D eigenvalue weighted by molar-refractivity contribution is 7.47. The number of ether oxygens (including phenoxy) is 4. The van der Waals surface area contributed by atoms with Gasteiger partial charge in [-0.05, 0) is 88.9 Å². The predicted octanol–water partition coefficient (Wildman–Crippen LogP) is 21.8. The molecule has 0 aliphatic carbocycles. The van der Waals surface area contributed by atoms with Crippen molar-refractivity contribution in [3.8, 4) is 0 Å². The molecule has 0 spiro atoms. The fraction of sp³-hybridized carbons (Fsp3) is 0.844. The second-order valence-electron chi connectivity index (χ2n) is 27.3. The van der Waals surface area contributed by atoms with Crippen LogP contribution in [-0.2, 0) is 65.4 Å². The minimum absolute atomic E-state index is 0.0780. The lowest BCUT2D eigenvalue weighted by Gasteiger charge is -2.21. The molecule has 3 unspecified atom stereocenters. The van der Waals surface area contributed by atoms with E-state index in [4.69, 9.17) is 37.0 Å². The van der Waals surface area contributed by atoms with Crippen LogP contribution in [0, 0.1) is 11.8 Å². The molecule has 0 aromatic rings. The Morgan fingerprint density at radius 3 is 0.844 bits per heavy atom. The number of unbranched alkanes of at least 4 members (excludes halogenated alkanes) is 36. The van der Waals surface area contributed by atoms with E-state index in [-0.39, 0.29) is 25.7 Å². The number of phosphoric ester groups is 2. The minimum atomic E-state index is -4.97. The molecule has 0 amide bonds. The first-order chi connectivity index (χ1) is 46.4. The van der Waals surface area contributed by atoms with Crippen LogP contribution < -0.4 is 0 Å². The van der Waals surface area contributed by atoms with Crippen LogP contribution in [0.2, 0.25) is 0 Å². The lowest BCUT2D eigenvalue weighted by atomic mass is 10.0. The van der Waals surface area contributed by atoms with Crippen LogP contribution >= 0.6 is 15.6 Å². The molecule has 0 saturated carbocycles. The van der Waals surface area contributed by atoms with Crippen LogP contribution in [0.1, 0.15) is 350 Å². The largest absolute Gasteiger partial charge is 0.472 e. The molecule has 17 nitrogen and oxygen atoms in total. The van der Waals surface area contributed by atoms with Gasteiger partial charge >= 0.3 is 39.5 Å². The molecule has 562 valence electrons. The molecule has 96 heavy (non-hydrogen) atoms. The standard InChI is InChI=1S/C77H142O17P2/c1-7-9-11-13-15-17-19-21-23-27-31-35-41-47-53-59-74(79)87-65-72(93-76(81)61-55-49-42-36-32-28-24-22-20-18-16-14-12-10-8-2)67-91-95(83,84)89-63-71(78)64-90-96(85,86)92-68-73(66-88-75(80)60-54-48-44-38-40-46-52-58-70(5)6)94-77(82)62-56-50-43-37-33-29-25-26-30-34-39-45-51-57-69(3)4/h17-24,69-73,78H,7-16,25-68H2,1-6H3,(H,83,84)(H,85,86)/b19-17-,20-18-,23-21-,24-22-/t71?,72-,73-/m1/s1. The average molecular weight is 1400 g/mol. The van der Waals surface area contributed by atoms with Crippen molar-refractivity contribution in [3.05, 3.63) is 48.6 Å². The molecule has 0 heterocycles. The molecule has 5 atom stereocenters. The van der Waals surface area contributed by atoms with Gasteiger partial charge < -0.3 is 33.8 Å². The summed E-state index contributed by atoms with van der Waals surface area (Å²) in [5.41, 5.74) is 0. The van der Waals surface area contributed by atoms with E-state index in [9.17, 15) is 43.2 Å². The number of carbonyl (C=O) groups is 4. The first-order valence-electron chi connectivity index (χ1n) is 38.6. The van der Waals surface area contributed by atoms with E-state index >= 15 is 0 Å². The van der Waals surface area contributed by atoms with E-state index in [0.717, 1.165) is 134 Å². The summed E-state index contributed by atoms with van der Waals surface area (Å²) >= 11 is 0. The molecule has 3 N–H and O–H groups in total. The van der Waals surface area contributed by atoms with Crippen LogP contribution in [0.15, 0.2) is 48.6 Å². The Kier molecular flexibility index (Phi) is 65.7. The fourth-order valence-electron chi connectivity index (χ4n) is 10.7. The number of phosphoric acid groups is 2. The Bertz CT molecular complexity index is 2040. The molecule has 0 aliphatic heterocycles. The van der Waals surface area contributed by atoms with Crippen molar-refractivity contribution in [3.63, 3.8) is 0 Å². The van der Waals surface area contributed by atoms with Crippen molar-refractivity contribution >= 4 is 39.5 Å². The van der Waals surface area contributed by atoms with Crippen LogP contribution in [0.4, 0.5) is 0 Å². The molecule has 0 bridgehead atoms. The van der Waals surface area contributed by atoms with Gasteiger partial charge in [0.05, 0.1) is 26.4 Å². The lowest BCUT2D eigenvalue weighted by molar-refractivity contribution is -0.161. The fourth-order valence-corrected chi connectivity index (χ4v) is 12.3. The lowest BCUT2D eigenvalue weighted by Crippen LogP contribution is -2.30. The van der Waals surface area contributed by atoms with Gasteiger partial charge in [-0.2, -0.15) is 0 Å². The maximum absolute atomic E-state index is 13.1. The molecular weight excluding hydrogens is 1260 g/mol. The highest BCUT2D eigenvalue weighted by atomic mass is 31.2. The normalized spacial score (nSPS) is 14.3.